The highest BCUT2D eigenvalue weighted by Gasteiger charge is 2.24. The second-order valence-electron chi connectivity index (χ2n) is 8.98. The number of aromatic nitrogens is 3. The SMILES string of the molecule is CC(=O)N1CCC(n2cc(-c3cnc(N)c4oc(C5=CCc6cc(F)ccc65)cc34)cn2)CC1. The van der Waals surface area contributed by atoms with Gasteiger partial charge in [0.1, 0.15) is 11.6 Å². The number of anilines is 1. The van der Waals surface area contributed by atoms with Crippen LogP contribution in [0.2, 0.25) is 0 Å². The second-order valence-corrected chi connectivity index (χ2v) is 8.98. The van der Waals surface area contributed by atoms with Crippen LogP contribution in [0, 0.1) is 5.82 Å². The number of halogens is 1. The first-order valence-corrected chi connectivity index (χ1v) is 11.5. The van der Waals surface area contributed by atoms with Crippen LogP contribution in [0.5, 0.6) is 0 Å². The van der Waals surface area contributed by atoms with Gasteiger partial charge in [-0.15, -0.1) is 0 Å². The highest BCUT2D eigenvalue weighted by molar-refractivity contribution is 6.00. The summed E-state index contributed by atoms with van der Waals surface area (Å²) in [5.41, 5.74) is 11.4. The number of pyridine rings is 1. The van der Waals surface area contributed by atoms with E-state index >= 15 is 0 Å². The average Bonchev–Trinajstić information content (AvgIpc) is 3.57. The molecule has 3 aromatic heterocycles. The summed E-state index contributed by atoms with van der Waals surface area (Å²) in [5.74, 6) is 0.894. The third-order valence-corrected chi connectivity index (χ3v) is 6.93. The molecule has 0 unspecified atom stereocenters. The van der Waals surface area contributed by atoms with Crippen molar-refractivity contribution in [1.82, 2.24) is 19.7 Å². The predicted octanol–water partition coefficient (Wildman–Crippen LogP) is 4.58. The van der Waals surface area contributed by atoms with Crippen LogP contribution in [0.15, 0.2) is 53.3 Å². The molecule has 1 aliphatic carbocycles. The number of hydrogen-bond acceptors (Lipinski definition) is 5. The lowest BCUT2D eigenvalue weighted by atomic mass is 10.0. The molecular formula is C26H24FN5O2. The van der Waals surface area contributed by atoms with Gasteiger partial charge in [-0.25, -0.2) is 9.37 Å². The molecule has 34 heavy (non-hydrogen) atoms. The standard InChI is InChI=1S/C26H24FN5O2/c1-15(33)31-8-6-19(7-9-31)32-14-17(12-30-32)23-13-29-26(28)25-22(23)11-24(34-25)21-4-2-16-10-18(27)3-5-20(16)21/h3-5,10-14,19H,2,6-9H2,1H3,(H2,28,29). The van der Waals surface area contributed by atoms with Crippen molar-refractivity contribution in [3.8, 4) is 11.1 Å². The van der Waals surface area contributed by atoms with E-state index in [1.165, 1.54) is 6.07 Å². The molecule has 1 fully saturated rings. The fourth-order valence-electron chi connectivity index (χ4n) is 5.08. The molecule has 0 spiro atoms. The number of carbonyl (C=O) groups excluding carboxylic acids is 1. The average molecular weight is 458 g/mol. The Balaban J connectivity index is 1.34. The van der Waals surface area contributed by atoms with Gasteiger partial charge in [-0.1, -0.05) is 12.1 Å². The molecule has 0 radical (unpaired) electrons. The van der Waals surface area contributed by atoms with Crippen LogP contribution in [-0.4, -0.2) is 38.7 Å². The Morgan fingerprint density at radius 1 is 1.18 bits per heavy atom. The van der Waals surface area contributed by atoms with Gasteiger partial charge in [-0.2, -0.15) is 5.10 Å². The maximum absolute atomic E-state index is 13.6. The van der Waals surface area contributed by atoms with E-state index in [4.69, 9.17) is 10.2 Å². The van der Waals surface area contributed by atoms with E-state index in [9.17, 15) is 9.18 Å². The Morgan fingerprint density at radius 2 is 2.00 bits per heavy atom. The number of nitrogen functional groups attached to an aromatic ring is 1. The van der Waals surface area contributed by atoms with E-state index in [2.05, 4.69) is 16.2 Å². The molecule has 1 aromatic carbocycles. The predicted molar refractivity (Wildman–Crippen MR) is 127 cm³/mol. The van der Waals surface area contributed by atoms with E-state index in [0.717, 1.165) is 59.1 Å². The fourth-order valence-corrected chi connectivity index (χ4v) is 5.08. The Kier molecular flexibility index (Phi) is 4.76. The van der Waals surface area contributed by atoms with E-state index in [0.29, 0.717) is 23.6 Å². The van der Waals surface area contributed by atoms with Crippen molar-refractivity contribution >= 4 is 28.3 Å². The molecule has 0 saturated carbocycles. The van der Waals surface area contributed by atoms with Gasteiger partial charge < -0.3 is 15.1 Å². The molecule has 0 bridgehead atoms. The van der Waals surface area contributed by atoms with Crippen molar-refractivity contribution in [3.63, 3.8) is 0 Å². The third kappa shape index (κ3) is 3.37. The molecule has 4 heterocycles. The maximum atomic E-state index is 13.6. The largest absolute Gasteiger partial charge is 0.452 e. The number of nitrogens with two attached hydrogens (primary N) is 1. The minimum atomic E-state index is -0.238. The number of likely N-dealkylation sites (tertiary alicyclic amines) is 1. The monoisotopic (exact) mass is 457 g/mol. The van der Waals surface area contributed by atoms with Gasteiger partial charge in [-0.05, 0) is 48.6 Å². The minimum absolute atomic E-state index is 0.121. The Hall–Kier alpha value is -3.94. The lowest BCUT2D eigenvalue weighted by molar-refractivity contribution is -0.130. The summed E-state index contributed by atoms with van der Waals surface area (Å²) in [7, 11) is 0. The van der Waals surface area contributed by atoms with Crippen molar-refractivity contribution in [2.24, 2.45) is 0 Å². The van der Waals surface area contributed by atoms with E-state index < -0.39 is 0 Å². The highest BCUT2D eigenvalue weighted by atomic mass is 19.1. The summed E-state index contributed by atoms with van der Waals surface area (Å²) in [4.78, 5) is 17.9. The van der Waals surface area contributed by atoms with Crippen LogP contribution in [0.25, 0.3) is 27.7 Å². The van der Waals surface area contributed by atoms with Crippen LogP contribution in [0.1, 0.15) is 42.7 Å². The van der Waals surface area contributed by atoms with Gasteiger partial charge in [-0.3, -0.25) is 9.48 Å². The number of carbonyl (C=O) groups is 1. The van der Waals surface area contributed by atoms with Gasteiger partial charge in [0.2, 0.25) is 5.91 Å². The van der Waals surface area contributed by atoms with Crippen molar-refractivity contribution in [3.05, 3.63) is 71.6 Å². The van der Waals surface area contributed by atoms with E-state index in [1.807, 2.05) is 28.0 Å². The summed E-state index contributed by atoms with van der Waals surface area (Å²) in [6, 6.07) is 7.06. The number of furan rings is 1. The third-order valence-electron chi connectivity index (χ3n) is 6.93. The smallest absolute Gasteiger partial charge is 0.219 e. The van der Waals surface area contributed by atoms with Crippen LogP contribution in [0.4, 0.5) is 10.2 Å². The zero-order valence-electron chi connectivity index (χ0n) is 18.8. The van der Waals surface area contributed by atoms with Gasteiger partial charge in [0, 0.05) is 54.5 Å². The first-order chi connectivity index (χ1) is 16.5. The molecule has 2 N–H and O–H groups in total. The second kappa shape index (κ2) is 7.83. The molecule has 8 heteroatoms. The Bertz CT molecular complexity index is 1460. The lowest BCUT2D eigenvalue weighted by Gasteiger charge is -2.31. The highest BCUT2D eigenvalue weighted by Crippen LogP contribution is 2.39. The number of rotatable bonds is 3. The topological polar surface area (TPSA) is 90.2 Å². The van der Waals surface area contributed by atoms with Gasteiger partial charge in [0.25, 0.3) is 0 Å². The van der Waals surface area contributed by atoms with Crippen molar-refractivity contribution in [2.45, 2.75) is 32.2 Å². The molecule has 1 aliphatic heterocycles. The molecule has 172 valence electrons. The van der Waals surface area contributed by atoms with Crippen LogP contribution in [0.3, 0.4) is 0 Å². The lowest BCUT2D eigenvalue weighted by Crippen LogP contribution is -2.37. The molecule has 6 rings (SSSR count). The zero-order chi connectivity index (χ0) is 23.4. The molecule has 1 saturated heterocycles. The molecule has 4 aromatic rings. The van der Waals surface area contributed by atoms with Crippen molar-refractivity contribution in [2.75, 3.05) is 18.8 Å². The van der Waals surface area contributed by atoms with Crippen molar-refractivity contribution in [1.29, 1.82) is 0 Å². The van der Waals surface area contributed by atoms with Gasteiger partial charge in [0.05, 0.1) is 12.2 Å². The summed E-state index contributed by atoms with van der Waals surface area (Å²) < 4.78 is 21.8. The summed E-state index contributed by atoms with van der Waals surface area (Å²) >= 11 is 0. The molecule has 0 atom stereocenters. The maximum Gasteiger partial charge on any atom is 0.219 e. The van der Waals surface area contributed by atoms with Gasteiger partial charge >= 0.3 is 0 Å². The van der Waals surface area contributed by atoms with Crippen LogP contribution in [-0.2, 0) is 11.2 Å². The number of piperidine rings is 1. The Morgan fingerprint density at radius 3 is 2.79 bits per heavy atom. The normalized spacial score (nSPS) is 16.2. The van der Waals surface area contributed by atoms with E-state index in [-0.39, 0.29) is 17.8 Å². The molecule has 2 aliphatic rings. The fraction of sp³-hybridized carbons (Fsp3) is 0.269. The first kappa shape index (κ1) is 20.7. The first-order valence-electron chi connectivity index (χ1n) is 11.5. The van der Waals surface area contributed by atoms with Gasteiger partial charge in [0.15, 0.2) is 11.4 Å². The number of benzene rings is 1. The molecule has 1 amide bonds. The summed E-state index contributed by atoms with van der Waals surface area (Å²) in [6.45, 7) is 3.10. The zero-order valence-corrected chi connectivity index (χ0v) is 18.8. The number of amides is 1. The summed E-state index contributed by atoms with van der Waals surface area (Å²) in [5, 5.41) is 5.48. The number of nitrogens with zero attached hydrogens (tertiary/aromatic N) is 4. The number of fused-ring (bicyclic) bond motifs is 2. The summed E-state index contributed by atoms with van der Waals surface area (Å²) in [6.07, 6.45) is 10.1. The molecule has 7 nitrogen and oxygen atoms in total. The minimum Gasteiger partial charge on any atom is -0.452 e. The quantitative estimate of drug-likeness (QED) is 0.486. The van der Waals surface area contributed by atoms with Crippen LogP contribution >= 0.6 is 0 Å². The Labute approximate surface area is 195 Å². The van der Waals surface area contributed by atoms with E-state index in [1.54, 1.807) is 25.3 Å². The van der Waals surface area contributed by atoms with Crippen LogP contribution < -0.4 is 5.73 Å². The van der Waals surface area contributed by atoms with Crippen molar-refractivity contribution < 1.29 is 13.6 Å². The number of hydrogen-bond donors (Lipinski definition) is 1. The molecular weight excluding hydrogens is 433 g/mol. The number of allylic oxidation sites excluding steroid dienone is 1.